The third-order valence-corrected chi connectivity index (χ3v) is 3.92. The van der Waals surface area contributed by atoms with Crippen LogP contribution in [0, 0.1) is 0 Å². The van der Waals surface area contributed by atoms with E-state index >= 15 is 0 Å². The van der Waals surface area contributed by atoms with Crippen molar-refractivity contribution in [2.75, 3.05) is 11.9 Å². The zero-order valence-corrected chi connectivity index (χ0v) is 15.2. The Morgan fingerprint density at radius 2 is 1.78 bits per heavy atom. The van der Waals surface area contributed by atoms with Crippen LogP contribution in [0.1, 0.15) is 42.1 Å². The van der Waals surface area contributed by atoms with Crippen molar-refractivity contribution in [3.8, 4) is 5.75 Å². The molecular formula is C21H23NO5. The van der Waals surface area contributed by atoms with E-state index in [0.717, 1.165) is 5.56 Å². The average molecular weight is 369 g/mol. The highest BCUT2D eigenvalue weighted by atomic mass is 16.5. The molecule has 1 amide bonds. The lowest BCUT2D eigenvalue weighted by Crippen LogP contribution is -2.12. The molecule has 0 saturated carbocycles. The second-order valence-electron chi connectivity index (χ2n) is 6.17. The number of anilines is 1. The number of carbonyl (C=O) groups excluding carboxylic acids is 2. The van der Waals surface area contributed by atoms with Crippen molar-refractivity contribution in [1.82, 2.24) is 0 Å². The molecule has 6 heteroatoms. The number of ether oxygens (including phenoxy) is 1. The number of benzene rings is 2. The monoisotopic (exact) mass is 369 g/mol. The van der Waals surface area contributed by atoms with Crippen LogP contribution in [0.4, 0.5) is 5.69 Å². The number of ketones is 1. The van der Waals surface area contributed by atoms with Gasteiger partial charge in [-0.05, 0) is 49.6 Å². The molecule has 2 N–H and O–H groups in total. The van der Waals surface area contributed by atoms with Crippen LogP contribution in [-0.4, -0.2) is 29.4 Å². The van der Waals surface area contributed by atoms with Crippen molar-refractivity contribution in [3.63, 3.8) is 0 Å². The Kier molecular flexibility index (Phi) is 7.55. The molecule has 0 saturated heterocycles. The molecule has 0 aliphatic heterocycles. The molecule has 0 unspecified atom stereocenters. The fourth-order valence-electron chi connectivity index (χ4n) is 2.46. The van der Waals surface area contributed by atoms with Gasteiger partial charge in [-0.3, -0.25) is 14.4 Å². The minimum Gasteiger partial charge on any atom is -0.494 e. The number of nitrogens with one attached hydrogen (secondary N) is 1. The van der Waals surface area contributed by atoms with Crippen molar-refractivity contribution in [1.29, 1.82) is 0 Å². The SMILES string of the molecule is CC(=O)c1cccc(OCCCC(=O)Nc2ccc(CCC(=O)O)cc2)c1. The second kappa shape index (κ2) is 10.1. The fourth-order valence-corrected chi connectivity index (χ4v) is 2.46. The van der Waals surface area contributed by atoms with Gasteiger partial charge in [-0.25, -0.2) is 0 Å². The van der Waals surface area contributed by atoms with Gasteiger partial charge in [0.05, 0.1) is 6.61 Å². The molecule has 0 aliphatic carbocycles. The van der Waals surface area contributed by atoms with Crippen LogP contribution in [0.3, 0.4) is 0 Å². The number of aliphatic carboxylic acids is 1. The van der Waals surface area contributed by atoms with Crippen LogP contribution in [0.25, 0.3) is 0 Å². The molecule has 0 bridgehead atoms. The summed E-state index contributed by atoms with van der Waals surface area (Å²) in [6, 6.07) is 14.1. The van der Waals surface area contributed by atoms with Crippen molar-refractivity contribution in [2.24, 2.45) is 0 Å². The summed E-state index contributed by atoms with van der Waals surface area (Å²) in [7, 11) is 0. The minimum atomic E-state index is -0.831. The van der Waals surface area contributed by atoms with Crippen molar-refractivity contribution in [2.45, 2.75) is 32.6 Å². The summed E-state index contributed by atoms with van der Waals surface area (Å²) in [4.78, 5) is 33.9. The van der Waals surface area contributed by atoms with E-state index < -0.39 is 5.97 Å². The number of aryl methyl sites for hydroxylation is 1. The molecule has 2 rings (SSSR count). The second-order valence-corrected chi connectivity index (χ2v) is 6.17. The van der Waals surface area contributed by atoms with E-state index in [9.17, 15) is 14.4 Å². The summed E-state index contributed by atoms with van der Waals surface area (Å²) in [6.45, 7) is 1.88. The van der Waals surface area contributed by atoms with Gasteiger partial charge in [-0.2, -0.15) is 0 Å². The minimum absolute atomic E-state index is 0.0196. The summed E-state index contributed by atoms with van der Waals surface area (Å²) in [5.74, 6) is -0.356. The smallest absolute Gasteiger partial charge is 0.303 e. The molecule has 0 aromatic heterocycles. The number of Topliss-reactive ketones (excluding diaryl/α,β-unsaturated/α-hetero) is 1. The Bertz CT molecular complexity index is 798. The first-order chi connectivity index (χ1) is 12.9. The Labute approximate surface area is 158 Å². The maximum Gasteiger partial charge on any atom is 0.303 e. The molecule has 27 heavy (non-hydrogen) atoms. The van der Waals surface area contributed by atoms with E-state index in [1.165, 1.54) is 6.92 Å². The summed E-state index contributed by atoms with van der Waals surface area (Å²) < 4.78 is 5.58. The Morgan fingerprint density at radius 3 is 2.44 bits per heavy atom. The van der Waals surface area contributed by atoms with E-state index in [1.54, 1.807) is 36.4 Å². The summed E-state index contributed by atoms with van der Waals surface area (Å²) >= 11 is 0. The molecule has 0 heterocycles. The van der Waals surface area contributed by atoms with Crippen LogP contribution in [0.15, 0.2) is 48.5 Å². The Balaban J connectivity index is 1.71. The molecule has 0 atom stereocenters. The van der Waals surface area contributed by atoms with Gasteiger partial charge in [-0.15, -0.1) is 0 Å². The van der Waals surface area contributed by atoms with Crippen molar-refractivity contribution >= 4 is 23.3 Å². The van der Waals surface area contributed by atoms with Gasteiger partial charge in [0, 0.05) is 24.1 Å². The third-order valence-electron chi connectivity index (χ3n) is 3.92. The highest BCUT2D eigenvalue weighted by molar-refractivity contribution is 5.94. The molecular weight excluding hydrogens is 346 g/mol. The summed E-state index contributed by atoms with van der Waals surface area (Å²) in [5.41, 5.74) is 2.18. The third kappa shape index (κ3) is 7.32. The molecule has 2 aromatic carbocycles. The number of carboxylic acids is 1. The number of hydrogen-bond donors (Lipinski definition) is 2. The maximum atomic E-state index is 12.0. The van der Waals surface area contributed by atoms with Crippen LogP contribution < -0.4 is 10.1 Å². The standard InChI is InChI=1S/C21H23NO5/c1-15(23)17-4-2-5-19(14-17)27-13-3-6-20(24)22-18-10-7-16(8-11-18)9-12-21(25)26/h2,4-5,7-8,10-11,14H,3,6,9,12-13H2,1H3,(H,22,24)(H,25,26). The van der Waals surface area contributed by atoms with E-state index in [4.69, 9.17) is 9.84 Å². The summed E-state index contributed by atoms with van der Waals surface area (Å²) in [6.07, 6.45) is 1.41. The number of amides is 1. The van der Waals surface area contributed by atoms with Crippen LogP contribution >= 0.6 is 0 Å². The predicted molar refractivity (Wildman–Crippen MR) is 102 cm³/mol. The van der Waals surface area contributed by atoms with Gasteiger partial charge in [0.25, 0.3) is 0 Å². The van der Waals surface area contributed by atoms with Gasteiger partial charge < -0.3 is 15.2 Å². The highest BCUT2D eigenvalue weighted by Gasteiger charge is 2.05. The topological polar surface area (TPSA) is 92.7 Å². The molecule has 0 spiro atoms. The quantitative estimate of drug-likeness (QED) is 0.492. The van der Waals surface area contributed by atoms with Gasteiger partial charge in [0.15, 0.2) is 5.78 Å². The molecule has 0 radical (unpaired) electrons. The average Bonchev–Trinajstić information content (AvgIpc) is 2.65. The van der Waals surface area contributed by atoms with Gasteiger partial charge in [0.1, 0.15) is 5.75 Å². The first-order valence-corrected chi connectivity index (χ1v) is 8.78. The first kappa shape index (κ1) is 20.2. The van der Waals surface area contributed by atoms with Crippen LogP contribution in [0.5, 0.6) is 5.75 Å². The molecule has 6 nitrogen and oxygen atoms in total. The predicted octanol–water partition coefficient (Wildman–Crippen LogP) is 3.70. The van der Waals surface area contributed by atoms with Gasteiger partial charge >= 0.3 is 5.97 Å². The molecule has 2 aromatic rings. The van der Waals surface area contributed by atoms with E-state index in [-0.39, 0.29) is 18.1 Å². The maximum absolute atomic E-state index is 12.0. The van der Waals surface area contributed by atoms with Gasteiger partial charge in [-0.1, -0.05) is 24.3 Å². The lowest BCUT2D eigenvalue weighted by molar-refractivity contribution is -0.137. The van der Waals surface area contributed by atoms with E-state index in [2.05, 4.69) is 5.32 Å². The van der Waals surface area contributed by atoms with Crippen molar-refractivity contribution in [3.05, 3.63) is 59.7 Å². The summed E-state index contributed by atoms with van der Waals surface area (Å²) in [5, 5.41) is 11.5. The number of carbonyl (C=O) groups is 3. The van der Waals surface area contributed by atoms with E-state index in [1.807, 2.05) is 12.1 Å². The molecule has 0 fully saturated rings. The Morgan fingerprint density at radius 1 is 1.04 bits per heavy atom. The lowest BCUT2D eigenvalue weighted by atomic mass is 10.1. The highest BCUT2D eigenvalue weighted by Crippen LogP contribution is 2.15. The molecule has 0 aliphatic rings. The largest absolute Gasteiger partial charge is 0.494 e. The normalized spacial score (nSPS) is 10.3. The van der Waals surface area contributed by atoms with E-state index in [0.29, 0.717) is 42.9 Å². The molecule has 142 valence electrons. The van der Waals surface area contributed by atoms with Crippen LogP contribution in [0.2, 0.25) is 0 Å². The zero-order chi connectivity index (χ0) is 19.6. The van der Waals surface area contributed by atoms with Crippen molar-refractivity contribution < 1.29 is 24.2 Å². The lowest BCUT2D eigenvalue weighted by Gasteiger charge is -2.08. The fraction of sp³-hybridized carbons (Fsp3) is 0.286. The van der Waals surface area contributed by atoms with Crippen LogP contribution in [-0.2, 0) is 16.0 Å². The number of rotatable bonds is 10. The Hall–Kier alpha value is -3.15. The number of hydrogen-bond acceptors (Lipinski definition) is 4. The first-order valence-electron chi connectivity index (χ1n) is 8.78. The zero-order valence-electron chi connectivity index (χ0n) is 15.2. The number of carboxylic acid groups (broad SMARTS) is 1. The van der Waals surface area contributed by atoms with Gasteiger partial charge in [0.2, 0.25) is 5.91 Å².